The summed E-state index contributed by atoms with van der Waals surface area (Å²) in [7, 11) is 0. The lowest BCUT2D eigenvalue weighted by Crippen LogP contribution is -2.13. The molecule has 0 radical (unpaired) electrons. The maximum Gasteiger partial charge on any atom is 0.0492 e. The number of hydrogen-bond donors (Lipinski definition) is 0. The van der Waals surface area contributed by atoms with Crippen molar-refractivity contribution in [3.05, 3.63) is 45.3 Å². The molecule has 1 nitrogen and oxygen atoms in total. The summed E-state index contributed by atoms with van der Waals surface area (Å²) in [4.78, 5) is 0. The van der Waals surface area contributed by atoms with Crippen LogP contribution in [-0.4, -0.2) is 4.57 Å². The Bertz CT molecular complexity index is 812. The molecule has 0 aliphatic carbocycles. The van der Waals surface area contributed by atoms with E-state index in [2.05, 4.69) is 101 Å². The van der Waals surface area contributed by atoms with Gasteiger partial charge < -0.3 is 4.57 Å². The monoisotopic (exact) mass is 449 g/mol. The van der Waals surface area contributed by atoms with Crippen LogP contribution in [0.1, 0.15) is 40.5 Å². The van der Waals surface area contributed by atoms with Gasteiger partial charge in [0.15, 0.2) is 0 Å². The second kappa shape index (κ2) is 6.84. The molecule has 0 saturated carbocycles. The van der Waals surface area contributed by atoms with Crippen LogP contribution in [0.4, 0.5) is 0 Å². The van der Waals surface area contributed by atoms with Gasteiger partial charge in [-0.1, -0.05) is 59.6 Å². The zero-order chi connectivity index (χ0) is 17.5. The first-order valence-electron chi connectivity index (χ1n) is 8.61. The molecule has 1 aromatic heterocycles. The molecule has 0 amide bonds. The molecular weight excluding hydrogens is 426 g/mol. The van der Waals surface area contributed by atoms with Crippen molar-refractivity contribution in [1.82, 2.24) is 4.57 Å². The highest BCUT2D eigenvalue weighted by Crippen LogP contribution is 2.34. The summed E-state index contributed by atoms with van der Waals surface area (Å²) >= 11 is 7.24. The zero-order valence-corrected chi connectivity index (χ0v) is 18.0. The van der Waals surface area contributed by atoms with Gasteiger partial charge in [0.05, 0.1) is 0 Å². The average molecular weight is 451 g/mol. The third-order valence-electron chi connectivity index (χ3n) is 4.60. The molecule has 1 heterocycles. The van der Waals surface area contributed by atoms with Crippen LogP contribution < -0.4 is 0 Å². The number of fused-ring (bicyclic) bond motifs is 3. The van der Waals surface area contributed by atoms with Crippen LogP contribution in [0.2, 0.25) is 0 Å². The first-order chi connectivity index (χ1) is 11.2. The van der Waals surface area contributed by atoms with E-state index in [0.717, 1.165) is 21.4 Å². The third kappa shape index (κ3) is 3.88. The predicted octanol–water partition coefficient (Wildman–Crippen LogP) is 7.78. The molecule has 3 rings (SSSR count). The molecule has 0 saturated heterocycles. The van der Waals surface area contributed by atoms with Crippen molar-refractivity contribution < 1.29 is 0 Å². The molecule has 128 valence electrons. The van der Waals surface area contributed by atoms with Crippen LogP contribution in [0, 0.1) is 11.3 Å². The lowest BCUT2D eigenvalue weighted by Gasteiger charge is -2.23. The summed E-state index contributed by atoms with van der Waals surface area (Å²) in [6.45, 7) is 10.4. The van der Waals surface area contributed by atoms with Gasteiger partial charge in [-0.15, -0.1) is 0 Å². The van der Waals surface area contributed by atoms with Crippen molar-refractivity contribution in [2.75, 3.05) is 0 Å². The minimum absolute atomic E-state index is 0.399. The molecule has 3 aromatic rings. The quantitative estimate of drug-likeness (QED) is 0.382. The van der Waals surface area contributed by atoms with E-state index in [1.807, 2.05) is 0 Å². The molecule has 0 fully saturated rings. The van der Waals surface area contributed by atoms with Crippen molar-refractivity contribution in [3.8, 4) is 0 Å². The fourth-order valence-corrected chi connectivity index (χ4v) is 4.51. The maximum absolute atomic E-state index is 3.62. The number of halogens is 2. The minimum Gasteiger partial charge on any atom is -0.340 e. The van der Waals surface area contributed by atoms with Crippen molar-refractivity contribution >= 4 is 53.7 Å². The molecule has 0 aliphatic rings. The lowest BCUT2D eigenvalue weighted by molar-refractivity contribution is 0.290. The Kier molecular flexibility index (Phi) is 5.13. The summed E-state index contributed by atoms with van der Waals surface area (Å²) in [6.07, 6.45) is 2.48. The molecule has 1 atom stereocenters. The van der Waals surface area contributed by atoms with Crippen LogP contribution in [0.25, 0.3) is 21.8 Å². The highest BCUT2D eigenvalue weighted by Gasteiger charge is 2.17. The van der Waals surface area contributed by atoms with Crippen molar-refractivity contribution in [1.29, 1.82) is 0 Å². The molecule has 0 bridgehead atoms. The van der Waals surface area contributed by atoms with Gasteiger partial charge >= 0.3 is 0 Å². The zero-order valence-electron chi connectivity index (χ0n) is 14.9. The Morgan fingerprint density at radius 2 is 1.42 bits per heavy atom. The third-order valence-corrected chi connectivity index (χ3v) is 5.58. The normalized spacial score (nSPS) is 13.8. The van der Waals surface area contributed by atoms with Gasteiger partial charge in [0.25, 0.3) is 0 Å². The summed E-state index contributed by atoms with van der Waals surface area (Å²) in [5, 5.41) is 2.65. The van der Waals surface area contributed by atoms with Crippen LogP contribution in [-0.2, 0) is 6.54 Å². The van der Waals surface area contributed by atoms with Crippen LogP contribution in [0.5, 0.6) is 0 Å². The van der Waals surface area contributed by atoms with Crippen LogP contribution in [0.3, 0.4) is 0 Å². The summed E-state index contributed by atoms with van der Waals surface area (Å²) in [5.74, 6) is 0.725. The number of benzene rings is 2. The molecule has 0 spiro atoms. The number of rotatable bonds is 4. The minimum atomic E-state index is 0.399. The molecule has 3 heteroatoms. The Balaban J connectivity index is 2.00. The van der Waals surface area contributed by atoms with Gasteiger partial charge in [0.1, 0.15) is 0 Å². The number of hydrogen-bond acceptors (Lipinski definition) is 0. The second-order valence-corrected chi connectivity index (χ2v) is 9.96. The molecule has 2 aromatic carbocycles. The Hall–Kier alpha value is -0.800. The first-order valence-corrected chi connectivity index (χ1v) is 10.2. The fraction of sp³-hybridized carbons (Fsp3) is 0.429. The van der Waals surface area contributed by atoms with Gasteiger partial charge in [-0.2, -0.15) is 0 Å². The van der Waals surface area contributed by atoms with Gasteiger partial charge in [-0.3, -0.25) is 0 Å². The Morgan fingerprint density at radius 1 is 0.917 bits per heavy atom. The topological polar surface area (TPSA) is 4.93 Å². The Labute approximate surface area is 161 Å². The van der Waals surface area contributed by atoms with Gasteiger partial charge in [0, 0.05) is 37.3 Å². The molecule has 0 N–H and O–H groups in total. The van der Waals surface area contributed by atoms with E-state index in [9.17, 15) is 0 Å². The number of aromatic nitrogens is 1. The summed E-state index contributed by atoms with van der Waals surface area (Å²) in [5.41, 5.74) is 3.05. The largest absolute Gasteiger partial charge is 0.340 e. The van der Waals surface area contributed by atoms with E-state index >= 15 is 0 Å². The number of nitrogens with zero attached hydrogens (tertiary/aromatic N) is 1. The Morgan fingerprint density at radius 3 is 1.88 bits per heavy atom. The molecule has 24 heavy (non-hydrogen) atoms. The van der Waals surface area contributed by atoms with Gasteiger partial charge in [0.2, 0.25) is 0 Å². The van der Waals surface area contributed by atoms with E-state index in [0.29, 0.717) is 5.41 Å². The highest BCUT2D eigenvalue weighted by molar-refractivity contribution is 9.10. The van der Waals surface area contributed by atoms with E-state index in [1.165, 1.54) is 34.6 Å². The van der Waals surface area contributed by atoms with Crippen molar-refractivity contribution in [2.45, 2.75) is 47.1 Å². The standard InChI is InChI=1S/C21H25Br2N/c1-14(13-21(2,3)4)9-10-24-19-7-5-15(22)11-17(19)18-12-16(23)6-8-20(18)24/h5-8,11-12,14H,9-10,13H2,1-4H3. The first kappa shape index (κ1) is 18.0. The van der Waals surface area contributed by atoms with Gasteiger partial charge in [-0.05, 0) is 60.6 Å². The molecule has 1 unspecified atom stereocenters. The lowest BCUT2D eigenvalue weighted by atomic mass is 9.84. The second-order valence-electron chi connectivity index (χ2n) is 8.13. The van der Waals surface area contributed by atoms with E-state index in [4.69, 9.17) is 0 Å². The van der Waals surface area contributed by atoms with E-state index < -0.39 is 0 Å². The average Bonchev–Trinajstić information content (AvgIpc) is 2.76. The summed E-state index contributed by atoms with van der Waals surface area (Å²) in [6, 6.07) is 13.2. The maximum atomic E-state index is 3.62. The SMILES string of the molecule is CC(CCn1c2ccc(Br)cc2c2cc(Br)ccc21)CC(C)(C)C. The fourth-order valence-electron chi connectivity index (χ4n) is 3.79. The predicted molar refractivity (Wildman–Crippen MR) is 113 cm³/mol. The van der Waals surface area contributed by atoms with Crippen molar-refractivity contribution in [2.24, 2.45) is 11.3 Å². The highest BCUT2D eigenvalue weighted by atomic mass is 79.9. The molecule has 0 aliphatic heterocycles. The molecular formula is C21H25Br2N. The van der Waals surface area contributed by atoms with Crippen LogP contribution >= 0.6 is 31.9 Å². The van der Waals surface area contributed by atoms with Crippen LogP contribution in [0.15, 0.2) is 45.3 Å². The smallest absolute Gasteiger partial charge is 0.0492 e. The van der Waals surface area contributed by atoms with E-state index in [1.54, 1.807) is 0 Å². The van der Waals surface area contributed by atoms with E-state index in [-0.39, 0.29) is 0 Å². The van der Waals surface area contributed by atoms with Crippen molar-refractivity contribution in [3.63, 3.8) is 0 Å². The summed E-state index contributed by atoms with van der Waals surface area (Å²) < 4.78 is 4.76. The number of aryl methyl sites for hydroxylation is 1. The van der Waals surface area contributed by atoms with Gasteiger partial charge in [-0.25, -0.2) is 0 Å².